The van der Waals surface area contributed by atoms with Gasteiger partial charge in [-0.15, -0.1) is 0 Å². The van der Waals surface area contributed by atoms with Gasteiger partial charge in [-0.2, -0.15) is 13.2 Å². The van der Waals surface area contributed by atoms with Crippen LogP contribution >= 0.6 is 0 Å². The first-order valence-electron chi connectivity index (χ1n) is 7.60. The van der Waals surface area contributed by atoms with Crippen molar-refractivity contribution in [3.8, 4) is 0 Å². The minimum absolute atomic E-state index is 0.186. The lowest BCUT2D eigenvalue weighted by atomic mass is 9.81. The Morgan fingerprint density at radius 1 is 1.10 bits per heavy atom. The maximum absolute atomic E-state index is 12.7. The van der Waals surface area contributed by atoms with E-state index in [0.29, 0.717) is 18.8 Å². The monoisotopic (exact) mass is 286 g/mol. The highest BCUT2D eigenvalue weighted by molar-refractivity contribution is 5.23. The quantitative estimate of drug-likeness (QED) is 0.797. The first kappa shape index (κ1) is 14.0. The summed E-state index contributed by atoms with van der Waals surface area (Å²) >= 11 is 0. The van der Waals surface area contributed by atoms with E-state index in [2.05, 4.69) is 11.9 Å². The van der Waals surface area contributed by atoms with Gasteiger partial charge in [-0.3, -0.25) is 0 Å². The Morgan fingerprint density at radius 3 is 2.40 bits per heavy atom. The summed E-state index contributed by atoms with van der Waals surface area (Å²) in [5.41, 5.74) is 2.38. The Balaban J connectivity index is 1.70. The van der Waals surface area contributed by atoms with Crippen LogP contribution in [-0.4, -0.2) is 16.1 Å². The summed E-state index contributed by atoms with van der Waals surface area (Å²) in [7, 11) is 0. The molecule has 1 saturated carbocycles. The molecule has 0 bridgehead atoms. The summed E-state index contributed by atoms with van der Waals surface area (Å²) in [5, 5.41) is 0. The largest absolute Gasteiger partial charge is 0.391 e. The van der Waals surface area contributed by atoms with Crippen molar-refractivity contribution in [2.24, 2.45) is 5.92 Å². The molecule has 0 radical (unpaired) electrons. The average Bonchev–Trinajstić information content (AvgIpc) is 2.83. The van der Waals surface area contributed by atoms with E-state index in [1.54, 1.807) is 0 Å². The van der Waals surface area contributed by atoms with E-state index < -0.39 is 12.1 Å². The van der Waals surface area contributed by atoms with Crippen LogP contribution in [0.25, 0.3) is 0 Å². The molecule has 1 atom stereocenters. The Morgan fingerprint density at radius 2 is 1.80 bits per heavy atom. The molecule has 5 heteroatoms. The lowest BCUT2D eigenvalue weighted by molar-refractivity contribution is -0.182. The third-order valence-corrected chi connectivity index (χ3v) is 4.94. The summed E-state index contributed by atoms with van der Waals surface area (Å²) in [4.78, 5) is 8.10. The van der Waals surface area contributed by atoms with Gasteiger partial charge >= 0.3 is 6.18 Å². The lowest BCUT2D eigenvalue weighted by Crippen LogP contribution is -2.27. The predicted molar refractivity (Wildman–Crippen MR) is 70.7 cm³/mol. The maximum atomic E-state index is 12.7. The highest BCUT2D eigenvalue weighted by Gasteiger charge is 2.42. The molecule has 1 aromatic heterocycles. The highest BCUT2D eigenvalue weighted by atomic mass is 19.4. The van der Waals surface area contributed by atoms with Crippen LogP contribution in [0, 0.1) is 5.92 Å². The van der Waals surface area contributed by atoms with Crippen molar-refractivity contribution in [3.63, 3.8) is 0 Å². The normalized spacial score (nSPS) is 31.1. The average molecular weight is 286 g/mol. The molecular weight excluding hydrogens is 265 g/mol. The third kappa shape index (κ3) is 2.59. The number of H-pyrrole nitrogens is 1. The summed E-state index contributed by atoms with van der Waals surface area (Å²) in [6.45, 7) is 2.18. The third-order valence-electron chi connectivity index (χ3n) is 4.94. The molecule has 0 aromatic carbocycles. The number of aromatic amines is 1. The number of halogens is 3. The van der Waals surface area contributed by atoms with Gasteiger partial charge in [0, 0.05) is 17.5 Å². The second-order valence-electron chi connectivity index (χ2n) is 6.37. The molecule has 112 valence electrons. The van der Waals surface area contributed by atoms with Crippen LogP contribution in [0.4, 0.5) is 13.2 Å². The van der Waals surface area contributed by atoms with Gasteiger partial charge in [0.1, 0.15) is 5.82 Å². The van der Waals surface area contributed by atoms with Crippen molar-refractivity contribution in [1.82, 2.24) is 9.97 Å². The fourth-order valence-electron chi connectivity index (χ4n) is 3.65. The molecule has 2 aliphatic rings. The maximum Gasteiger partial charge on any atom is 0.391 e. The summed E-state index contributed by atoms with van der Waals surface area (Å²) in [6, 6.07) is 0. The Kier molecular flexibility index (Phi) is 3.55. The number of hydrogen-bond donors (Lipinski definition) is 1. The number of alkyl halides is 3. The zero-order valence-electron chi connectivity index (χ0n) is 11.8. The number of nitrogens with zero attached hydrogens (tertiary/aromatic N) is 1. The zero-order chi connectivity index (χ0) is 14.3. The van der Waals surface area contributed by atoms with E-state index in [1.165, 1.54) is 12.1 Å². The minimum atomic E-state index is -4.03. The van der Waals surface area contributed by atoms with Crippen molar-refractivity contribution in [3.05, 3.63) is 17.2 Å². The van der Waals surface area contributed by atoms with Gasteiger partial charge < -0.3 is 4.98 Å². The molecule has 0 spiro atoms. The summed E-state index contributed by atoms with van der Waals surface area (Å²) < 4.78 is 38.1. The van der Waals surface area contributed by atoms with E-state index in [1.807, 2.05) is 0 Å². The molecule has 1 fully saturated rings. The van der Waals surface area contributed by atoms with Crippen molar-refractivity contribution >= 4 is 0 Å². The Labute approximate surface area is 117 Å². The van der Waals surface area contributed by atoms with E-state index in [0.717, 1.165) is 24.4 Å². The fraction of sp³-hybridized carbons (Fsp3) is 0.800. The highest BCUT2D eigenvalue weighted by Crippen LogP contribution is 2.43. The van der Waals surface area contributed by atoms with E-state index >= 15 is 0 Å². The van der Waals surface area contributed by atoms with Crippen LogP contribution in [-0.2, 0) is 6.42 Å². The van der Waals surface area contributed by atoms with Crippen molar-refractivity contribution in [2.75, 3.05) is 0 Å². The second kappa shape index (κ2) is 5.08. The molecule has 0 saturated heterocycles. The fourth-order valence-corrected chi connectivity index (χ4v) is 3.65. The molecule has 1 aromatic rings. The van der Waals surface area contributed by atoms with Crippen LogP contribution in [0.1, 0.15) is 74.5 Å². The molecule has 0 aliphatic heterocycles. The molecule has 20 heavy (non-hydrogen) atoms. The molecule has 0 amide bonds. The number of rotatable bonds is 1. The summed E-state index contributed by atoms with van der Waals surface area (Å²) in [6.07, 6.45) is 1.04. The number of imidazole rings is 1. The van der Waals surface area contributed by atoms with Gasteiger partial charge in [-0.05, 0) is 44.9 Å². The van der Waals surface area contributed by atoms with Crippen LogP contribution in [0.3, 0.4) is 0 Å². The number of nitrogens with one attached hydrogen (secondary N) is 1. The Bertz CT molecular complexity index is 470. The van der Waals surface area contributed by atoms with Gasteiger partial charge in [-0.25, -0.2) is 4.98 Å². The first-order chi connectivity index (χ1) is 9.45. The van der Waals surface area contributed by atoms with Crippen molar-refractivity contribution in [2.45, 2.75) is 69.9 Å². The van der Waals surface area contributed by atoms with Crippen LogP contribution in [0.15, 0.2) is 0 Å². The summed E-state index contributed by atoms with van der Waals surface area (Å²) in [5.74, 6) is 0.494. The molecular formula is C15H21F3N2. The predicted octanol–water partition coefficient (Wildman–Crippen LogP) is 4.69. The van der Waals surface area contributed by atoms with E-state index in [9.17, 15) is 13.2 Å². The smallest absolute Gasteiger partial charge is 0.345 e. The number of aryl methyl sites for hydroxylation is 1. The van der Waals surface area contributed by atoms with Gasteiger partial charge in [0.15, 0.2) is 0 Å². The lowest BCUT2D eigenvalue weighted by Gasteiger charge is -2.28. The second-order valence-corrected chi connectivity index (χ2v) is 6.37. The zero-order valence-corrected chi connectivity index (χ0v) is 11.8. The molecule has 1 N–H and O–H groups in total. The molecule has 1 heterocycles. The SMILES string of the molecule is CC1CCCc2[nH]c(C3CCC(C(F)(F)F)CC3)nc21. The van der Waals surface area contributed by atoms with Crippen molar-refractivity contribution < 1.29 is 13.2 Å². The first-order valence-corrected chi connectivity index (χ1v) is 7.60. The topological polar surface area (TPSA) is 28.7 Å². The number of aromatic nitrogens is 2. The van der Waals surface area contributed by atoms with Crippen LogP contribution in [0.5, 0.6) is 0 Å². The molecule has 2 aliphatic carbocycles. The number of hydrogen-bond acceptors (Lipinski definition) is 1. The molecule has 1 unspecified atom stereocenters. The van der Waals surface area contributed by atoms with E-state index in [-0.39, 0.29) is 18.8 Å². The number of fused-ring (bicyclic) bond motifs is 1. The van der Waals surface area contributed by atoms with Gasteiger partial charge in [0.05, 0.1) is 11.6 Å². The van der Waals surface area contributed by atoms with Gasteiger partial charge in [-0.1, -0.05) is 6.92 Å². The van der Waals surface area contributed by atoms with Gasteiger partial charge in [0.2, 0.25) is 0 Å². The molecule has 2 nitrogen and oxygen atoms in total. The Hall–Kier alpha value is -1.00. The van der Waals surface area contributed by atoms with Crippen molar-refractivity contribution in [1.29, 1.82) is 0 Å². The minimum Gasteiger partial charge on any atom is -0.345 e. The van der Waals surface area contributed by atoms with Crippen LogP contribution in [0.2, 0.25) is 0 Å². The standard InChI is InChI=1S/C15H21F3N2/c1-9-3-2-4-12-13(9)20-14(19-12)10-5-7-11(8-6-10)15(16,17)18/h9-11H,2-8H2,1H3,(H,19,20). The van der Waals surface area contributed by atoms with E-state index in [4.69, 9.17) is 4.98 Å². The molecule has 3 rings (SSSR count). The van der Waals surface area contributed by atoms with Crippen LogP contribution < -0.4 is 0 Å². The van der Waals surface area contributed by atoms with Gasteiger partial charge in [0.25, 0.3) is 0 Å².